The molecule has 23 heavy (non-hydrogen) atoms. The summed E-state index contributed by atoms with van der Waals surface area (Å²) in [5, 5.41) is 0. The fourth-order valence-electron chi connectivity index (χ4n) is 5.37. The van der Waals surface area contributed by atoms with Crippen LogP contribution in [-0.4, -0.2) is 0 Å². The molecule has 1 saturated carbocycles. The van der Waals surface area contributed by atoms with Gasteiger partial charge in [-0.1, -0.05) is 76.2 Å². The Morgan fingerprint density at radius 2 is 0.913 bits per heavy atom. The zero-order valence-electron chi connectivity index (χ0n) is 18.1. The van der Waals surface area contributed by atoms with E-state index in [-0.39, 0.29) is 0 Å². The van der Waals surface area contributed by atoms with Crippen LogP contribution in [0.3, 0.4) is 0 Å². The molecule has 138 valence electrons. The molecule has 0 aromatic heterocycles. The molecule has 0 spiro atoms. The first-order valence-electron chi connectivity index (χ1n) is 10.5. The van der Waals surface area contributed by atoms with Crippen LogP contribution in [0.1, 0.15) is 82.6 Å². The monoisotopic (exact) mass is 322 g/mol. The minimum absolute atomic E-state index is 0.799. The molecule has 1 aliphatic rings. The van der Waals surface area contributed by atoms with Gasteiger partial charge in [0.25, 0.3) is 0 Å². The van der Waals surface area contributed by atoms with Gasteiger partial charge < -0.3 is 0 Å². The van der Waals surface area contributed by atoms with Gasteiger partial charge in [0.05, 0.1) is 0 Å². The second-order valence-corrected chi connectivity index (χ2v) is 9.99. The third kappa shape index (κ3) is 4.55. The zero-order chi connectivity index (χ0) is 18.1. The van der Waals surface area contributed by atoms with Crippen LogP contribution in [0.15, 0.2) is 0 Å². The molecule has 0 radical (unpaired) electrons. The van der Waals surface area contributed by atoms with Gasteiger partial charge in [-0.3, -0.25) is 0 Å². The Labute approximate surface area is 148 Å². The van der Waals surface area contributed by atoms with Crippen LogP contribution >= 0.6 is 0 Å². The molecule has 0 heterocycles. The van der Waals surface area contributed by atoms with Gasteiger partial charge in [0.1, 0.15) is 0 Å². The second kappa shape index (κ2) is 8.39. The summed E-state index contributed by atoms with van der Waals surface area (Å²) >= 11 is 0. The first kappa shape index (κ1) is 21.0. The predicted molar refractivity (Wildman–Crippen MR) is 105 cm³/mol. The standard InChI is InChI=1S/C23H46/c1-13(2)15(4)17(6)16(5)14(3)12-23-21(10)19(8)18(7)20(9)22(23)11/h13-23H,12H2,1-11H3. The number of hydrogen-bond acceptors (Lipinski definition) is 0. The number of hydrogen-bond donors (Lipinski definition) is 0. The van der Waals surface area contributed by atoms with Crippen LogP contribution in [0.4, 0.5) is 0 Å². The van der Waals surface area contributed by atoms with Crippen LogP contribution in [0.2, 0.25) is 0 Å². The van der Waals surface area contributed by atoms with E-state index in [1.54, 1.807) is 0 Å². The Morgan fingerprint density at radius 1 is 0.522 bits per heavy atom. The molecule has 8 unspecified atom stereocenters. The summed E-state index contributed by atoms with van der Waals surface area (Å²) in [5.74, 6) is 9.42. The topological polar surface area (TPSA) is 0 Å². The summed E-state index contributed by atoms with van der Waals surface area (Å²) < 4.78 is 0. The maximum absolute atomic E-state index is 2.53. The molecule has 1 fully saturated rings. The minimum Gasteiger partial charge on any atom is -0.0625 e. The lowest BCUT2D eigenvalue weighted by atomic mass is 9.57. The number of rotatable bonds is 6. The molecule has 0 N–H and O–H groups in total. The van der Waals surface area contributed by atoms with Crippen molar-refractivity contribution >= 4 is 0 Å². The average molecular weight is 323 g/mol. The van der Waals surface area contributed by atoms with Crippen molar-refractivity contribution in [2.75, 3.05) is 0 Å². The molecule has 0 bridgehead atoms. The van der Waals surface area contributed by atoms with Crippen LogP contribution < -0.4 is 0 Å². The van der Waals surface area contributed by atoms with Crippen molar-refractivity contribution in [2.45, 2.75) is 82.6 Å². The fraction of sp³-hybridized carbons (Fsp3) is 1.00. The Hall–Kier alpha value is 0. The molecular weight excluding hydrogens is 276 g/mol. The molecular formula is C23H46. The largest absolute Gasteiger partial charge is 0.0625 e. The molecule has 0 amide bonds. The molecule has 1 aliphatic carbocycles. The maximum atomic E-state index is 2.53. The van der Waals surface area contributed by atoms with Gasteiger partial charge in [-0.2, -0.15) is 0 Å². The molecule has 0 aliphatic heterocycles. The summed E-state index contributed by atoms with van der Waals surface area (Å²) in [6, 6.07) is 0. The predicted octanol–water partition coefficient (Wildman–Crippen LogP) is 7.39. The Kier molecular flexibility index (Phi) is 7.68. The first-order valence-corrected chi connectivity index (χ1v) is 10.5. The SMILES string of the molecule is CC(C)C(C)C(C)C(C)C(C)CC1C(C)C(C)C(C)C(C)C1C. The van der Waals surface area contributed by atoms with E-state index >= 15 is 0 Å². The average Bonchev–Trinajstić information content (AvgIpc) is 2.52. The van der Waals surface area contributed by atoms with E-state index in [1.807, 2.05) is 0 Å². The van der Waals surface area contributed by atoms with E-state index in [1.165, 1.54) is 6.42 Å². The van der Waals surface area contributed by atoms with Crippen molar-refractivity contribution in [3.05, 3.63) is 0 Å². The van der Waals surface area contributed by atoms with Gasteiger partial charge in [0, 0.05) is 0 Å². The van der Waals surface area contributed by atoms with Gasteiger partial charge in [-0.05, 0) is 71.5 Å². The van der Waals surface area contributed by atoms with E-state index in [9.17, 15) is 0 Å². The van der Waals surface area contributed by atoms with Gasteiger partial charge >= 0.3 is 0 Å². The van der Waals surface area contributed by atoms with Crippen LogP contribution in [-0.2, 0) is 0 Å². The van der Waals surface area contributed by atoms with Crippen molar-refractivity contribution in [3.63, 3.8) is 0 Å². The highest BCUT2D eigenvalue weighted by atomic mass is 14.5. The van der Waals surface area contributed by atoms with Gasteiger partial charge in [-0.15, -0.1) is 0 Å². The highest BCUT2D eigenvalue weighted by molar-refractivity contribution is 4.90. The van der Waals surface area contributed by atoms with Gasteiger partial charge in [0.2, 0.25) is 0 Å². The smallest absolute Gasteiger partial charge is 0.0355 e. The van der Waals surface area contributed by atoms with Crippen molar-refractivity contribution in [1.29, 1.82) is 0 Å². The van der Waals surface area contributed by atoms with E-state index in [2.05, 4.69) is 76.2 Å². The Morgan fingerprint density at radius 3 is 1.30 bits per heavy atom. The molecule has 0 heteroatoms. The van der Waals surface area contributed by atoms with Crippen LogP contribution in [0, 0.1) is 65.1 Å². The van der Waals surface area contributed by atoms with E-state index in [0.29, 0.717) is 0 Å². The van der Waals surface area contributed by atoms with Gasteiger partial charge in [-0.25, -0.2) is 0 Å². The molecule has 0 aromatic carbocycles. The summed E-state index contributed by atoms with van der Waals surface area (Å²) in [6.07, 6.45) is 1.43. The molecule has 0 saturated heterocycles. The third-order valence-electron chi connectivity index (χ3n) is 8.92. The van der Waals surface area contributed by atoms with Crippen molar-refractivity contribution < 1.29 is 0 Å². The summed E-state index contributed by atoms with van der Waals surface area (Å²) in [4.78, 5) is 0. The van der Waals surface area contributed by atoms with E-state index in [4.69, 9.17) is 0 Å². The lowest BCUT2D eigenvalue weighted by Gasteiger charge is -2.49. The lowest BCUT2D eigenvalue weighted by Crippen LogP contribution is -2.42. The Balaban J connectivity index is 2.76. The second-order valence-electron chi connectivity index (χ2n) is 9.99. The van der Waals surface area contributed by atoms with Gasteiger partial charge in [0.15, 0.2) is 0 Å². The molecule has 0 aromatic rings. The van der Waals surface area contributed by atoms with Crippen LogP contribution in [0.5, 0.6) is 0 Å². The normalized spacial score (nSPS) is 40.7. The summed E-state index contributed by atoms with van der Waals surface area (Å²) in [6.45, 7) is 27.3. The third-order valence-corrected chi connectivity index (χ3v) is 8.92. The molecule has 8 atom stereocenters. The quantitative estimate of drug-likeness (QED) is 0.478. The zero-order valence-corrected chi connectivity index (χ0v) is 18.1. The van der Waals surface area contributed by atoms with E-state index < -0.39 is 0 Å². The minimum atomic E-state index is 0.799. The Bertz CT molecular complexity index is 328. The lowest BCUT2D eigenvalue weighted by molar-refractivity contribution is 0.000902. The van der Waals surface area contributed by atoms with E-state index in [0.717, 1.165) is 65.1 Å². The van der Waals surface area contributed by atoms with Crippen molar-refractivity contribution in [2.24, 2.45) is 65.1 Å². The highest BCUT2D eigenvalue weighted by Crippen LogP contribution is 2.48. The molecule has 1 rings (SSSR count). The summed E-state index contributed by atoms with van der Waals surface area (Å²) in [7, 11) is 0. The van der Waals surface area contributed by atoms with Crippen molar-refractivity contribution in [3.8, 4) is 0 Å². The summed E-state index contributed by atoms with van der Waals surface area (Å²) in [5.41, 5.74) is 0. The molecule has 0 nitrogen and oxygen atoms in total. The fourth-order valence-corrected chi connectivity index (χ4v) is 5.37. The van der Waals surface area contributed by atoms with Crippen molar-refractivity contribution in [1.82, 2.24) is 0 Å². The maximum Gasteiger partial charge on any atom is -0.0355 e. The highest BCUT2D eigenvalue weighted by Gasteiger charge is 2.42. The first-order chi connectivity index (χ1) is 10.5. The van der Waals surface area contributed by atoms with Crippen LogP contribution in [0.25, 0.3) is 0 Å².